The van der Waals surface area contributed by atoms with Gasteiger partial charge in [-0.1, -0.05) is 64.0 Å². The third kappa shape index (κ3) is 2.68. The van der Waals surface area contributed by atoms with Crippen LogP contribution in [0.15, 0.2) is 75.6 Å². The van der Waals surface area contributed by atoms with E-state index in [-0.39, 0.29) is 0 Å². The van der Waals surface area contributed by atoms with E-state index in [9.17, 15) is 0 Å². The molecule has 1 aromatic heterocycles. The van der Waals surface area contributed by atoms with Crippen LogP contribution in [0.5, 0.6) is 0 Å². The maximum Gasteiger partial charge on any atom is 0.227 e. The molecule has 4 rings (SSSR count). The maximum absolute atomic E-state index is 5.96. The Morgan fingerprint density at radius 2 is 1.65 bits per heavy atom. The quantitative estimate of drug-likeness (QED) is 0.421. The van der Waals surface area contributed by atoms with Gasteiger partial charge in [-0.15, -0.1) is 0 Å². The molecule has 0 radical (unpaired) electrons. The molecule has 1 heterocycles. The molecule has 2 nitrogen and oxygen atoms in total. The first kappa shape index (κ1) is 14.2. The molecule has 0 unspecified atom stereocenters. The molecular weight excluding hydrogens is 350 g/mol. The predicted molar refractivity (Wildman–Crippen MR) is 97.3 cm³/mol. The van der Waals surface area contributed by atoms with Crippen molar-refractivity contribution >= 4 is 27.0 Å². The van der Waals surface area contributed by atoms with Crippen LogP contribution in [-0.4, -0.2) is 4.98 Å². The highest BCUT2D eigenvalue weighted by molar-refractivity contribution is 9.10. The third-order valence-corrected chi connectivity index (χ3v) is 4.36. The summed E-state index contributed by atoms with van der Waals surface area (Å²) in [6.45, 7) is 2.09. The molecule has 112 valence electrons. The number of nitrogens with zero attached hydrogens (tertiary/aromatic N) is 1. The number of aromatic nitrogens is 1. The topological polar surface area (TPSA) is 26.0 Å². The van der Waals surface area contributed by atoms with Crippen LogP contribution in [0.2, 0.25) is 0 Å². The van der Waals surface area contributed by atoms with E-state index in [4.69, 9.17) is 4.42 Å². The van der Waals surface area contributed by atoms with Crippen LogP contribution >= 0.6 is 15.9 Å². The lowest BCUT2D eigenvalue weighted by Gasteiger charge is -2.08. The molecule has 0 N–H and O–H groups in total. The molecule has 0 aliphatic heterocycles. The van der Waals surface area contributed by atoms with Crippen molar-refractivity contribution in [2.45, 2.75) is 6.92 Å². The number of rotatable bonds is 2. The zero-order valence-corrected chi connectivity index (χ0v) is 14.2. The summed E-state index contributed by atoms with van der Waals surface area (Å²) in [7, 11) is 0. The lowest BCUT2D eigenvalue weighted by Crippen LogP contribution is -1.86. The normalized spacial score (nSPS) is 11.0. The van der Waals surface area contributed by atoms with Crippen LogP contribution in [0.25, 0.3) is 33.7 Å². The SMILES string of the molecule is Cc1ccc(-c2ccc(Br)cc2-c2nc3ccccc3o2)cc1. The molecule has 0 aliphatic rings. The fraction of sp³-hybridized carbons (Fsp3) is 0.0500. The first-order valence-electron chi connectivity index (χ1n) is 7.43. The van der Waals surface area contributed by atoms with Crippen molar-refractivity contribution in [2.24, 2.45) is 0 Å². The monoisotopic (exact) mass is 363 g/mol. The van der Waals surface area contributed by atoms with Crippen LogP contribution in [0.1, 0.15) is 5.56 Å². The van der Waals surface area contributed by atoms with Crippen LogP contribution in [0.3, 0.4) is 0 Å². The minimum absolute atomic E-state index is 0.642. The van der Waals surface area contributed by atoms with E-state index in [1.54, 1.807) is 0 Å². The standard InChI is InChI=1S/C20H14BrNO/c1-13-6-8-14(9-7-13)16-11-10-15(21)12-17(16)20-22-18-4-2-3-5-19(18)23-20/h2-12H,1H3. The van der Waals surface area contributed by atoms with Crippen molar-refractivity contribution in [3.8, 4) is 22.6 Å². The summed E-state index contributed by atoms with van der Waals surface area (Å²) in [6.07, 6.45) is 0. The first-order valence-corrected chi connectivity index (χ1v) is 8.22. The summed E-state index contributed by atoms with van der Waals surface area (Å²) >= 11 is 3.55. The lowest BCUT2D eigenvalue weighted by atomic mass is 9.99. The number of aryl methyl sites for hydroxylation is 1. The molecule has 0 saturated carbocycles. The molecule has 0 bridgehead atoms. The van der Waals surface area contributed by atoms with Crippen molar-refractivity contribution in [1.82, 2.24) is 4.98 Å². The molecule has 0 atom stereocenters. The number of hydrogen-bond acceptors (Lipinski definition) is 2. The second kappa shape index (κ2) is 5.67. The lowest BCUT2D eigenvalue weighted by molar-refractivity contribution is 0.620. The number of halogens is 1. The predicted octanol–water partition coefficient (Wildman–Crippen LogP) is 6.23. The van der Waals surface area contributed by atoms with Crippen LogP contribution < -0.4 is 0 Å². The van der Waals surface area contributed by atoms with Gasteiger partial charge in [0, 0.05) is 10.0 Å². The van der Waals surface area contributed by atoms with Gasteiger partial charge in [0.25, 0.3) is 0 Å². The number of benzene rings is 3. The van der Waals surface area contributed by atoms with Gasteiger partial charge < -0.3 is 4.42 Å². The third-order valence-electron chi connectivity index (χ3n) is 3.87. The smallest absolute Gasteiger partial charge is 0.227 e. The minimum atomic E-state index is 0.642. The van der Waals surface area contributed by atoms with Crippen molar-refractivity contribution < 1.29 is 4.42 Å². The van der Waals surface area contributed by atoms with Gasteiger partial charge in [0.2, 0.25) is 5.89 Å². The number of para-hydroxylation sites is 2. The van der Waals surface area contributed by atoms with Gasteiger partial charge in [-0.05, 0) is 42.3 Å². The summed E-state index contributed by atoms with van der Waals surface area (Å²) < 4.78 is 6.97. The van der Waals surface area contributed by atoms with Gasteiger partial charge in [-0.3, -0.25) is 0 Å². The maximum atomic E-state index is 5.96. The first-order chi connectivity index (χ1) is 11.2. The zero-order chi connectivity index (χ0) is 15.8. The molecule has 0 saturated heterocycles. The van der Waals surface area contributed by atoms with Crippen LogP contribution in [-0.2, 0) is 0 Å². The molecule has 0 fully saturated rings. The number of fused-ring (bicyclic) bond motifs is 1. The average molecular weight is 364 g/mol. The van der Waals surface area contributed by atoms with E-state index >= 15 is 0 Å². The molecule has 23 heavy (non-hydrogen) atoms. The molecular formula is C20H14BrNO. The number of hydrogen-bond donors (Lipinski definition) is 0. The Morgan fingerprint density at radius 3 is 2.43 bits per heavy atom. The highest BCUT2D eigenvalue weighted by Gasteiger charge is 2.14. The Hall–Kier alpha value is -2.39. The summed E-state index contributed by atoms with van der Waals surface area (Å²) in [5.41, 5.74) is 6.17. The van der Waals surface area contributed by atoms with Crippen molar-refractivity contribution in [3.63, 3.8) is 0 Å². The summed E-state index contributed by atoms with van der Waals surface area (Å²) in [5.74, 6) is 0.642. The zero-order valence-electron chi connectivity index (χ0n) is 12.6. The second-order valence-electron chi connectivity index (χ2n) is 5.54. The largest absolute Gasteiger partial charge is 0.436 e. The highest BCUT2D eigenvalue weighted by atomic mass is 79.9. The van der Waals surface area contributed by atoms with Crippen LogP contribution in [0, 0.1) is 6.92 Å². The molecule has 0 amide bonds. The van der Waals surface area contributed by atoms with E-state index < -0.39 is 0 Å². The van der Waals surface area contributed by atoms with Gasteiger partial charge in [-0.2, -0.15) is 0 Å². The van der Waals surface area contributed by atoms with E-state index in [2.05, 4.69) is 64.2 Å². The second-order valence-corrected chi connectivity index (χ2v) is 6.46. The summed E-state index contributed by atoms with van der Waals surface area (Å²) in [4.78, 5) is 4.64. The Balaban J connectivity index is 1.93. The van der Waals surface area contributed by atoms with Gasteiger partial charge >= 0.3 is 0 Å². The van der Waals surface area contributed by atoms with E-state index in [0.717, 1.165) is 32.3 Å². The van der Waals surface area contributed by atoms with Crippen molar-refractivity contribution in [1.29, 1.82) is 0 Å². The average Bonchev–Trinajstić information content (AvgIpc) is 3.00. The van der Waals surface area contributed by atoms with Crippen LogP contribution in [0.4, 0.5) is 0 Å². The van der Waals surface area contributed by atoms with Gasteiger partial charge in [0.1, 0.15) is 5.52 Å². The Bertz CT molecular complexity index is 953. The Morgan fingerprint density at radius 1 is 0.870 bits per heavy atom. The fourth-order valence-electron chi connectivity index (χ4n) is 2.67. The van der Waals surface area contributed by atoms with Gasteiger partial charge in [0.15, 0.2) is 5.58 Å². The Labute approximate surface area is 142 Å². The highest BCUT2D eigenvalue weighted by Crippen LogP contribution is 2.35. The molecule has 0 aliphatic carbocycles. The van der Waals surface area contributed by atoms with Crippen molar-refractivity contribution in [2.75, 3.05) is 0 Å². The van der Waals surface area contributed by atoms with Crippen molar-refractivity contribution in [3.05, 3.63) is 76.8 Å². The fourth-order valence-corrected chi connectivity index (χ4v) is 3.03. The van der Waals surface area contributed by atoms with E-state index in [0.29, 0.717) is 5.89 Å². The molecule has 4 aromatic rings. The van der Waals surface area contributed by atoms with E-state index in [1.165, 1.54) is 5.56 Å². The number of oxazole rings is 1. The van der Waals surface area contributed by atoms with Gasteiger partial charge in [-0.25, -0.2) is 4.98 Å². The molecule has 3 aromatic carbocycles. The Kier molecular flexibility index (Phi) is 3.50. The van der Waals surface area contributed by atoms with E-state index in [1.807, 2.05) is 30.3 Å². The minimum Gasteiger partial charge on any atom is -0.436 e. The molecule has 3 heteroatoms. The summed E-state index contributed by atoms with van der Waals surface area (Å²) in [5, 5.41) is 0. The summed E-state index contributed by atoms with van der Waals surface area (Å²) in [6, 6.07) is 22.5. The van der Waals surface area contributed by atoms with Gasteiger partial charge in [0.05, 0.1) is 0 Å². The molecule has 0 spiro atoms.